The van der Waals surface area contributed by atoms with Crippen LogP contribution in [0.2, 0.25) is 0 Å². The number of aliphatic hydroxyl groups is 1. The van der Waals surface area contributed by atoms with Gasteiger partial charge in [0.25, 0.3) is 0 Å². The van der Waals surface area contributed by atoms with Crippen molar-refractivity contribution in [1.29, 1.82) is 5.26 Å². The van der Waals surface area contributed by atoms with E-state index < -0.39 is 10.0 Å². The Hall–Kier alpha value is -0.940. The van der Waals surface area contributed by atoms with E-state index in [1.807, 2.05) is 6.07 Å². The van der Waals surface area contributed by atoms with E-state index in [2.05, 4.69) is 4.72 Å². The second kappa shape index (κ2) is 4.74. The Balaban J connectivity index is 1.97. The molecule has 1 fully saturated rings. The van der Waals surface area contributed by atoms with E-state index in [-0.39, 0.29) is 16.2 Å². The van der Waals surface area contributed by atoms with Gasteiger partial charge in [-0.3, -0.25) is 0 Å². The zero-order chi connectivity index (χ0) is 12.5. The lowest BCUT2D eigenvalue weighted by molar-refractivity contribution is 0.0453. The summed E-state index contributed by atoms with van der Waals surface area (Å²) in [6.07, 6.45) is 1.02. The highest BCUT2D eigenvalue weighted by molar-refractivity contribution is 7.91. The molecule has 1 aliphatic rings. The molecule has 0 aromatic carbocycles. The van der Waals surface area contributed by atoms with Gasteiger partial charge in [-0.2, -0.15) is 5.26 Å². The zero-order valence-electron chi connectivity index (χ0n) is 8.96. The highest BCUT2D eigenvalue weighted by Gasteiger charge is 2.28. The Labute approximate surface area is 104 Å². The molecule has 7 heteroatoms. The van der Waals surface area contributed by atoms with Gasteiger partial charge < -0.3 is 5.11 Å². The van der Waals surface area contributed by atoms with Crippen LogP contribution in [0.15, 0.2) is 16.3 Å². The number of hydrogen-bond acceptors (Lipinski definition) is 5. The van der Waals surface area contributed by atoms with E-state index in [4.69, 9.17) is 10.4 Å². The molecule has 1 heterocycles. The number of hydrogen-bond donors (Lipinski definition) is 2. The molecule has 0 atom stereocenters. The molecule has 0 radical (unpaired) electrons. The molecule has 1 saturated carbocycles. The van der Waals surface area contributed by atoms with E-state index in [1.165, 1.54) is 12.1 Å². The van der Waals surface area contributed by atoms with Gasteiger partial charge in [-0.15, -0.1) is 11.3 Å². The van der Waals surface area contributed by atoms with Crippen molar-refractivity contribution in [3.05, 3.63) is 17.0 Å². The molecule has 0 saturated heterocycles. The van der Waals surface area contributed by atoms with E-state index in [0.717, 1.165) is 11.3 Å². The fraction of sp³-hybridized carbons (Fsp3) is 0.500. The molecular formula is C10H12N2O3S2. The van der Waals surface area contributed by atoms with Crippen molar-refractivity contribution in [2.75, 3.05) is 6.54 Å². The van der Waals surface area contributed by atoms with Crippen LogP contribution in [-0.2, 0) is 10.0 Å². The second-order valence-electron chi connectivity index (χ2n) is 4.07. The summed E-state index contributed by atoms with van der Waals surface area (Å²) in [7, 11) is -3.50. The third kappa shape index (κ3) is 2.84. The Morgan fingerprint density at radius 3 is 2.76 bits per heavy atom. The average molecular weight is 272 g/mol. The predicted molar refractivity (Wildman–Crippen MR) is 63.0 cm³/mol. The highest BCUT2D eigenvalue weighted by atomic mass is 32.2. The van der Waals surface area contributed by atoms with Gasteiger partial charge in [0.05, 0.1) is 6.10 Å². The number of aliphatic hydroxyl groups excluding tert-OH is 1. The van der Waals surface area contributed by atoms with Gasteiger partial charge in [0, 0.05) is 6.54 Å². The summed E-state index contributed by atoms with van der Waals surface area (Å²) in [6, 6.07) is 4.83. The maximum atomic E-state index is 11.8. The van der Waals surface area contributed by atoms with Crippen molar-refractivity contribution in [1.82, 2.24) is 4.72 Å². The van der Waals surface area contributed by atoms with E-state index in [0.29, 0.717) is 24.3 Å². The van der Waals surface area contributed by atoms with Crippen LogP contribution in [0.25, 0.3) is 0 Å². The summed E-state index contributed by atoms with van der Waals surface area (Å²) in [5, 5.41) is 17.7. The topological polar surface area (TPSA) is 90.2 Å². The predicted octanol–water partition coefficient (Wildman–Crippen LogP) is 0.669. The van der Waals surface area contributed by atoms with Crippen LogP contribution in [0.5, 0.6) is 0 Å². The third-order valence-electron chi connectivity index (χ3n) is 2.73. The van der Waals surface area contributed by atoms with Gasteiger partial charge >= 0.3 is 0 Å². The van der Waals surface area contributed by atoms with Crippen LogP contribution in [0.4, 0.5) is 0 Å². The lowest BCUT2D eigenvalue weighted by Crippen LogP contribution is -2.38. The molecule has 0 unspecified atom stereocenters. The first-order valence-corrected chi connectivity index (χ1v) is 7.49. The summed E-state index contributed by atoms with van der Waals surface area (Å²) in [6.45, 7) is 0.346. The van der Waals surface area contributed by atoms with Gasteiger partial charge in [-0.05, 0) is 30.9 Å². The van der Waals surface area contributed by atoms with Gasteiger partial charge in [0.15, 0.2) is 0 Å². The van der Waals surface area contributed by atoms with Crippen molar-refractivity contribution in [3.63, 3.8) is 0 Å². The smallest absolute Gasteiger partial charge is 0.250 e. The monoisotopic (exact) mass is 272 g/mol. The number of nitrogens with one attached hydrogen (secondary N) is 1. The maximum Gasteiger partial charge on any atom is 0.250 e. The molecule has 2 N–H and O–H groups in total. The molecule has 1 aliphatic carbocycles. The van der Waals surface area contributed by atoms with E-state index >= 15 is 0 Å². The maximum absolute atomic E-state index is 11.8. The van der Waals surface area contributed by atoms with Crippen molar-refractivity contribution in [3.8, 4) is 6.07 Å². The van der Waals surface area contributed by atoms with Gasteiger partial charge in [0.1, 0.15) is 15.2 Å². The molecular weight excluding hydrogens is 260 g/mol. The van der Waals surface area contributed by atoms with Gasteiger partial charge in [-0.25, -0.2) is 13.1 Å². The zero-order valence-corrected chi connectivity index (χ0v) is 10.6. The molecule has 0 bridgehead atoms. The van der Waals surface area contributed by atoms with Crippen LogP contribution in [-0.4, -0.2) is 26.2 Å². The van der Waals surface area contributed by atoms with Crippen LogP contribution >= 0.6 is 11.3 Å². The fourth-order valence-electron chi connectivity index (χ4n) is 1.69. The molecule has 92 valence electrons. The van der Waals surface area contributed by atoms with Gasteiger partial charge in [0.2, 0.25) is 10.0 Å². The summed E-state index contributed by atoms with van der Waals surface area (Å²) >= 11 is 0.957. The molecule has 17 heavy (non-hydrogen) atoms. The highest BCUT2D eigenvalue weighted by Crippen LogP contribution is 2.27. The molecule has 1 aromatic rings. The summed E-state index contributed by atoms with van der Waals surface area (Å²) < 4.78 is 26.3. The minimum Gasteiger partial charge on any atom is -0.393 e. The number of nitriles is 1. The van der Waals surface area contributed by atoms with Gasteiger partial charge in [-0.1, -0.05) is 0 Å². The minimum atomic E-state index is -3.50. The van der Waals surface area contributed by atoms with Crippen LogP contribution in [0, 0.1) is 17.2 Å². The molecule has 0 spiro atoms. The lowest BCUT2D eigenvalue weighted by Gasteiger charge is -2.31. The van der Waals surface area contributed by atoms with E-state index in [9.17, 15) is 8.42 Å². The van der Waals surface area contributed by atoms with Crippen LogP contribution < -0.4 is 4.72 Å². The second-order valence-corrected chi connectivity index (χ2v) is 7.15. The quantitative estimate of drug-likeness (QED) is 0.843. The number of rotatable bonds is 4. The lowest BCUT2D eigenvalue weighted by atomic mass is 9.83. The van der Waals surface area contributed by atoms with Crippen molar-refractivity contribution in [2.24, 2.45) is 5.92 Å². The Bertz CT molecular complexity index is 538. The molecule has 2 rings (SSSR count). The molecule has 0 amide bonds. The molecule has 1 aromatic heterocycles. The standard InChI is InChI=1S/C10H12N2O3S2/c11-5-9-1-2-10(16-9)17(14,15)12-6-7-3-8(13)4-7/h1-2,7-8,12-13H,3-4,6H2. The average Bonchev–Trinajstić information content (AvgIpc) is 2.72. The normalized spacial score (nSPS) is 24.0. The molecule has 0 aliphatic heterocycles. The number of sulfonamides is 1. The Kier molecular flexibility index (Phi) is 3.49. The molecule has 5 nitrogen and oxygen atoms in total. The first-order valence-electron chi connectivity index (χ1n) is 5.19. The third-order valence-corrected chi connectivity index (χ3v) is 5.63. The van der Waals surface area contributed by atoms with Crippen molar-refractivity contribution >= 4 is 21.4 Å². The summed E-state index contributed by atoms with van der Waals surface area (Å²) in [5.74, 6) is 0.218. The Morgan fingerprint density at radius 1 is 1.53 bits per heavy atom. The fourth-order valence-corrected chi connectivity index (χ4v) is 3.95. The number of thiophene rings is 1. The largest absolute Gasteiger partial charge is 0.393 e. The Morgan fingerprint density at radius 2 is 2.24 bits per heavy atom. The first kappa shape index (κ1) is 12.5. The number of nitrogens with zero attached hydrogens (tertiary/aromatic N) is 1. The van der Waals surface area contributed by atoms with Crippen molar-refractivity contribution < 1.29 is 13.5 Å². The summed E-state index contributed by atoms with van der Waals surface area (Å²) in [5.41, 5.74) is 0. The van der Waals surface area contributed by atoms with Crippen LogP contribution in [0.3, 0.4) is 0 Å². The van der Waals surface area contributed by atoms with Crippen LogP contribution in [0.1, 0.15) is 17.7 Å². The summed E-state index contributed by atoms with van der Waals surface area (Å²) in [4.78, 5) is 0.379. The first-order chi connectivity index (χ1) is 8.01. The van der Waals surface area contributed by atoms with E-state index in [1.54, 1.807) is 0 Å². The minimum absolute atomic E-state index is 0.161. The SMILES string of the molecule is N#Cc1ccc(S(=O)(=O)NCC2CC(O)C2)s1. The van der Waals surface area contributed by atoms with Crippen molar-refractivity contribution in [2.45, 2.75) is 23.2 Å².